The van der Waals surface area contributed by atoms with E-state index in [1.165, 1.54) is 4.90 Å². The van der Waals surface area contributed by atoms with Crippen LogP contribution in [0.5, 0.6) is 0 Å². The molecule has 0 bridgehead atoms. The topological polar surface area (TPSA) is 64.1 Å². The van der Waals surface area contributed by atoms with Crippen LogP contribution >= 0.6 is 0 Å². The number of carboxylic acid groups (broad SMARTS) is 1. The molecule has 2 atom stereocenters. The van der Waals surface area contributed by atoms with E-state index in [2.05, 4.69) is 11.9 Å². The molecule has 1 aliphatic heterocycles. The van der Waals surface area contributed by atoms with E-state index in [1.54, 1.807) is 25.9 Å². The third-order valence-electron chi connectivity index (χ3n) is 3.64. The second kappa shape index (κ2) is 6.75. The van der Waals surface area contributed by atoms with E-state index in [-0.39, 0.29) is 12.6 Å². The Hall–Kier alpha value is -1.30. The number of hydrogen-bond donors (Lipinski definition) is 1. The number of nitrogens with zero attached hydrogens (tertiary/aromatic N) is 3. The summed E-state index contributed by atoms with van der Waals surface area (Å²) >= 11 is 0. The largest absolute Gasteiger partial charge is 0.481 e. The predicted molar refractivity (Wildman–Crippen MR) is 73.1 cm³/mol. The van der Waals surface area contributed by atoms with E-state index in [0.29, 0.717) is 5.92 Å². The van der Waals surface area contributed by atoms with Crippen LogP contribution in [-0.4, -0.2) is 79.1 Å². The van der Waals surface area contributed by atoms with Gasteiger partial charge >= 0.3 is 12.0 Å². The molecule has 1 fully saturated rings. The van der Waals surface area contributed by atoms with Gasteiger partial charge in [0.05, 0.1) is 5.92 Å². The minimum absolute atomic E-state index is 0.109. The van der Waals surface area contributed by atoms with Crippen LogP contribution in [0.3, 0.4) is 0 Å². The summed E-state index contributed by atoms with van der Waals surface area (Å²) in [7, 11) is 5.52. The van der Waals surface area contributed by atoms with Gasteiger partial charge in [0.1, 0.15) is 0 Å². The van der Waals surface area contributed by atoms with Gasteiger partial charge in [-0.1, -0.05) is 6.92 Å². The second-order valence-electron chi connectivity index (χ2n) is 5.70. The number of rotatable bonds is 5. The van der Waals surface area contributed by atoms with Gasteiger partial charge in [0.15, 0.2) is 0 Å². The van der Waals surface area contributed by atoms with Crippen molar-refractivity contribution in [1.82, 2.24) is 14.7 Å². The highest BCUT2D eigenvalue weighted by Gasteiger charge is 2.25. The van der Waals surface area contributed by atoms with Gasteiger partial charge in [0.25, 0.3) is 0 Å². The first-order valence-corrected chi connectivity index (χ1v) is 6.68. The lowest BCUT2D eigenvalue weighted by atomic mass is 10.1. The molecule has 2 amide bonds. The summed E-state index contributed by atoms with van der Waals surface area (Å²) in [6.07, 6.45) is 1.11. The summed E-state index contributed by atoms with van der Waals surface area (Å²) in [4.78, 5) is 28.3. The number of carbonyl (C=O) groups excluding carboxylic acids is 1. The van der Waals surface area contributed by atoms with Gasteiger partial charge in [-0.3, -0.25) is 4.79 Å². The first-order chi connectivity index (χ1) is 8.81. The summed E-state index contributed by atoms with van der Waals surface area (Å²) < 4.78 is 0. The maximum absolute atomic E-state index is 12.1. The molecule has 0 radical (unpaired) electrons. The van der Waals surface area contributed by atoms with Crippen LogP contribution in [0.4, 0.5) is 4.79 Å². The zero-order valence-corrected chi connectivity index (χ0v) is 12.3. The van der Waals surface area contributed by atoms with Gasteiger partial charge in [-0.2, -0.15) is 0 Å². The van der Waals surface area contributed by atoms with Crippen molar-refractivity contribution in [3.05, 3.63) is 0 Å². The number of likely N-dealkylation sites (tertiary alicyclic amines) is 1. The maximum Gasteiger partial charge on any atom is 0.319 e. The fraction of sp³-hybridized carbons (Fsp3) is 0.846. The van der Waals surface area contributed by atoms with Gasteiger partial charge in [-0.25, -0.2) is 4.79 Å². The molecule has 1 aliphatic rings. The lowest BCUT2D eigenvalue weighted by molar-refractivity contribution is -0.141. The van der Waals surface area contributed by atoms with Crippen LogP contribution in [0.2, 0.25) is 0 Å². The normalized spacial score (nSPS) is 21.2. The van der Waals surface area contributed by atoms with Gasteiger partial charge in [-0.05, 0) is 25.9 Å². The first-order valence-electron chi connectivity index (χ1n) is 6.68. The Morgan fingerprint density at radius 3 is 2.47 bits per heavy atom. The fourth-order valence-electron chi connectivity index (χ4n) is 2.50. The van der Waals surface area contributed by atoms with Crippen LogP contribution in [0, 0.1) is 11.8 Å². The second-order valence-corrected chi connectivity index (χ2v) is 5.70. The Morgan fingerprint density at radius 2 is 2.00 bits per heavy atom. The number of carboxylic acids is 1. The number of amides is 2. The van der Waals surface area contributed by atoms with Crippen molar-refractivity contribution >= 4 is 12.0 Å². The van der Waals surface area contributed by atoms with Gasteiger partial charge in [-0.15, -0.1) is 0 Å². The Bertz CT molecular complexity index is 335. The Balaban J connectivity index is 2.40. The molecule has 2 unspecified atom stereocenters. The average molecular weight is 271 g/mol. The van der Waals surface area contributed by atoms with Crippen LogP contribution < -0.4 is 0 Å². The molecule has 6 heteroatoms. The summed E-state index contributed by atoms with van der Waals surface area (Å²) in [5.74, 6) is -0.899. The molecule has 110 valence electrons. The van der Waals surface area contributed by atoms with Gasteiger partial charge in [0.2, 0.25) is 0 Å². The van der Waals surface area contributed by atoms with Crippen molar-refractivity contribution in [2.24, 2.45) is 11.8 Å². The quantitative estimate of drug-likeness (QED) is 0.797. The van der Waals surface area contributed by atoms with Crippen molar-refractivity contribution in [2.75, 3.05) is 47.3 Å². The highest BCUT2D eigenvalue weighted by molar-refractivity contribution is 5.75. The van der Waals surface area contributed by atoms with E-state index < -0.39 is 11.9 Å². The Labute approximate surface area is 115 Å². The maximum atomic E-state index is 12.1. The molecule has 0 spiro atoms. The van der Waals surface area contributed by atoms with E-state index in [9.17, 15) is 9.59 Å². The van der Waals surface area contributed by atoms with Crippen molar-refractivity contribution in [3.8, 4) is 0 Å². The molecule has 0 aromatic heterocycles. The number of aliphatic carboxylic acids is 1. The summed E-state index contributed by atoms with van der Waals surface area (Å²) in [6, 6.07) is -0.109. The molecule has 0 saturated carbocycles. The van der Waals surface area contributed by atoms with E-state index in [1.807, 2.05) is 0 Å². The molecular weight excluding hydrogens is 246 g/mol. The third-order valence-corrected chi connectivity index (χ3v) is 3.64. The van der Waals surface area contributed by atoms with Gasteiger partial charge in [0, 0.05) is 33.7 Å². The third kappa shape index (κ3) is 4.70. The lowest BCUT2D eigenvalue weighted by Crippen LogP contribution is -2.43. The smallest absolute Gasteiger partial charge is 0.319 e. The first kappa shape index (κ1) is 15.8. The molecule has 1 rings (SSSR count). The zero-order chi connectivity index (χ0) is 14.6. The minimum atomic E-state index is -0.875. The van der Waals surface area contributed by atoms with Crippen molar-refractivity contribution in [3.63, 3.8) is 0 Å². The van der Waals surface area contributed by atoms with E-state index in [0.717, 1.165) is 26.1 Å². The SMILES string of the molecule is CC(CN(C)C(=O)N(C)CC1CCN(C)C1)C(=O)O. The minimum Gasteiger partial charge on any atom is -0.481 e. The summed E-state index contributed by atoms with van der Waals surface area (Å²) in [5, 5.41) is 8.85. The van der Waals surface area contributed by atoms with Crippen LogP contribution in [0.1, 0.15) is 13.3 Å². The summed E-state index contributed by atoms with van der Waals surface area (Å²) in [5.41, 5.74) is 0. The highest BCUT2D eigenvalue weighted by atomic mass is 16.4. The summed E-state index contributed by atoms with van der Waals surface area (Å²) in [6.45, 7) is 4.68. The zero-order valence-electron chi connectivity index (χ0n) is 12.3. The lowest BCUT2D eigenvalue weighted by Gasteiger charge is -2.27. The van der Waals surface area contributed by atoms with E-state index in [4.69, 9.17) is 5.11 Å². The Morgan fingerprint density at radius 1 is 1.37 bits per heavy atom. The molecule has 0 aromatic rings. The monoisotopic (exact) mass is 271 g/mol. The number of urea groups is 1. The van der Waals surface area contributed by atoms with Gasteiger partial charge < -0.3 is 19.8 Å². The number of hydrogen-bond acceptors (Lipinski definition) is 3. The van der Waals surface area contributed by atoms with Crippen LogP contribution in [0.25, 0.3) is 0 Å². The molecule has 1 saturated heterocycles. The van der Waals surface area contributed by atoms with Crippen LogP contribution in [-0.2, 0) is 4.79 Å². The van der Waals surface area contributed by atoms with E-state index >= 15 is 0 Å². The van der Waals surface area contributed by atoms with Crippen molar-refractivity contribution in [2.45, 2.75) is 13.3 Å². The highest BCUT2D eigenvalue weighted by Crippen LogP contribution is 2.15. The molecule has 1 heterocycles. The molecule has 0 aromatic carbocycles. The molecule has 1 N–H and O–H groups in total. The molecular formula is C13H25N3O3. The van der Waals surface area contributed by atoms with Crippen molar-refractivity contribution < 1.29 is 14.7 Å². The average Bonchev–Trinajstić information content (AvgIpc) is 2.73. The van der Waals surface area contributed by atoms with Crippen molar-refractivity contribution in [1.29, 1.82) is 0 Å². The predicted octanol–water partition coefficient (Wildman–Crippen LogP) is 0.642. The number of carbonyl (C=O) groups is 2. The standard InChI is InChI=1S/C13H25N3O3/c1-10(12(17)18)7-15(3)13(19)16(4)9-11-5-6-14(2)8-11/h10-11H,5-9H2,1-4H3,(H,17,18). The Kier molecular flexibility index (Phi) is 5.60. The van der Waals surface area contributed by atoms with Crippen LogP contribution in [0.15, 0.2) is 0 Å². The molecule has 0 aliphatic carbocycles. The molecule has 19 heavy (non-hydrogen) atoms. The molecule has 6 nitrogen and oxygen atoms in total. The fourth-order valence-corrected chi connectivity index (χ4v) is 2.50.